The van der Waals surface area contributed by atoms with Crippen molar-refractivity contribution in [3.05, 3.63) is 40.4 Å². The monoisotopic (exact) mass is 406 g/mol. The molecule has 1 atom stereocenters. The Hall–Kier alpha value is -1.09. The summed E-state index contributed by atoms with van der Waals surface area (Å²) >= 11 is 1.72. The first-order chi connectivity index (χ1) is 9.29. The molecule has 20 heavy (non-hydrogen) atoms. The smallest absolute Gasteiger partial charge is 0.191 e. The molecule has 2 rings (SSSR count). The summed E-state index contributed by atoms with van der Waals surface area (Å²) in [6.07, 6.45) is 1.56. The second kappa shape index (κ2) is 8.96. The highest BCUT2D eigenvalue weighted by molar-refractivity contribution is 14.0. The predicted octanol–water partition coefficient (Wildman–Crippen LogP) is 2.82. The van der Waals surface area contributed by atoms with Crippen LogP contribution in [0.25, 0.3) is 0 Å². The molecule has 0 radical (unpaired) electrons. The zero-order valence-electron chi connectivity index (χ0n) is 11.5. The van der Waals surface area contributed by atoms with Crippen molar-refractivity contribution < 1.29 is 4.52 Å². The van der Waals surface area contributed by atoms with Gasteiger partial charge >= 0.3 is 0 Å². The van der Waals surface area contributed by atoms with Crippen molar-refractivity contribution in [1.82, 2.24) is 15.8 Å². The summed E-state index contributed by atoms with van der Waals surface area (Å²) in [6, 6.07) is 3.98. The number of guanidine groups is 1. The van der Waals surface area contributed by atoms with Crippen LogP contribution < -0.4 is 10.6 Å². The van der Waals surface area contributed by atoms with Crippen LogP contribution in [0.2, 0.25) is 0 Å². The van der Waals surface area contributed by atoms with Crippen molar-refractivity contribution in [2.24, 2.45) is 4.99 Å². The third kappa shape index (κ3) is 5.12. The molecule has 1 unspecified atom stereocenters. The van der Waals surface area contributed by atoms with E-state index in [1.807, 2.05) is 6.07 Å². The van der Waals surface area contributed by atoms with Gasteiger partial charge in [0.25, 0.3) is 0 Å². The van der Waals surface area contributed by atoms with Crippen LogP contribution in [0.4, 0.5) is 0 Å². The topological polar surface area (TPSA) is 62.5 Å². The van der Waals surface area contributed by atoms with Gasteiger partial charge in [-0.3, -0.25) is 4.99 Å². The Bertz CT molecular complexity index is 498. The van der Waals surface area contributed by atoms with Gasteiger partial charge in [-0.05, 0) is 28.3 Å². The van der Waals surface area contributed by atoms with E-state index in [9.17, 15) is 0 Å². The maximum absolute atomic E-state index is 4.78. The number of hydrogen-bond acceptors (Lipinski definition) is 4. The average Bonchev–Trinajstić information content (AvgIpc) is 3.11. The van der Waals surface area contributed by atoms with Gasteiger partial charge in [0, 0.05) is 19.7 Å². The van der Waals surface area contributed by atoms with E-state index in [1.54, 1.807) is 24.6 Å². The number of nitrogens with one attached hydrogen (secondary N) is 2. The molecule has 0 fully saturated rings. The van der Waals surface area contributed by atoms with E-state index in [0.29, 0.717) is 12.5 Å². The molecule has 2 heterocycles. The summed E-state index contributed by atoms with van der Waals surface area (Å²) in [6.45, 7) is 3.64. The van der Waals surface area contributed by atoms with Gasteiger partial charge in [0.2, 0.25) is 0 Å². The Kier molecular flexibility index (Phi) is 7.60. The fourth-order valence-electron chi connectivity index (χ4n) is 1.65. The number of halogens is 1. The van der Waals surface area contributed by atoms with Crippen LogP contribution in [0.3, 0.4) is 0 Å². The van der Waals surface area contributed by atoms with Gasteiger partial charge in [-0.15, -0.1) is 24.0 Å². The summed E-state index contributed by atoms with van der Waals surface area (Å²) in [4.78, 5) is 4.18. The van der Waals surface area contributed by atoms with E-state index in [-0.39, 0.29) is 24.0 Å². The summed E-state index contributed by atoms with van der Waals surface area (Å²) in [5, 5.41) is 14.6. The van der Waals surface area contributed by atoms with Gasteiger partial charge in [-0.2, -0.15) is 11.3 Å². The number of nitrogens with zero attached hydrogens (tertiary/aromatic N) is 2. The SMILES string of the molecule is CN=C(NCc1ccon1)NCC(C)c1ccsc1.I. The van der Waals surface area contributed by atoms with Gasteiger partial charge in [0.1, 0.15) is 12.0 Å². The molecule has 0 spiro atoms. The molecule has 0 saturated carbocycles. The van der Waals surface area contributed by atoms with E-state index < -0.39 is 0 Å². The third-order valence-corrected chi connectivity index (χ3v) is 3.54. The van der Waals surface area contributed by atoms with Crippen LogP contribution in [0.5, 0.6) is 0 Å². The maximum atomic E-state index is 4.78. The Balaban J connectivity index is 0.00000200. The molecule has 7 heteroatoms. The quantitative estimate of drug-likeness (QED) is 0.456. The minimum Gasteiger partial charge on any atom is -0.364 e. The fourth-order valence-corrected chi connectivity index (χ4v) is 2.43. The van der Waals surface area contributed by atoms with Crippen LogP contribution in [0.1, 0.15) is 24.1 Å². The van der Waals surface area contributed by atoms with Crippen molar-refractivity contribution in [2.45, 2.75) is 19.4 Å². The van der Waals surface area contributed by atoms with Gasteiger partial charge in [0.15, 0.2) is 5.96 Å². The molecule has 0 aliphatic carbocycles. The van der Waals surface area contributed by atoms with Crippen LogP contribution >= 0.6 is 35.3 Å². The molecule has 0 aliphatic heterocycles. The van der Waals surface area contributed by atoms with Crippen LogP contribution in [-0.2, 0) is 6.54 Å². The third-order valence-electron chi connectivity index (χ3n) is 2.84. The zero-order valence-corrected chi connectivity index (χ0v) is 14.6. The molecular weight excluding hydrogens is 387 g/mol. The van der Waals surface area contributed by atoms with Crippen LogP contribution in [0, 0.1) is 0 Å². The van der Waals surface area contributed by atoms with Crippen molar-refractivity contribution in [3.8, 4) is 0 Å². The highest BCUT2D eigenvalue weighted by Crippen LogP contribution is 2.16. The average molecular weight is 406 g/mol. The van der Waals surface area contributed by atoms with E-state index in [1.165, 1.54) is 5.56 Å². The number of aromatic nitrogens is 1. The minimum absolute atomic E-state index is 0. The van der Waals surface area contributed by atoms with Crippen LogP contribution in [0.15, 0.2) is 38.7 Å². The molecule has 0 bridgehead atoms. The number of aliphatic imine (C=N–C) groups is 1. The first kappa shape index (κ1) is 17.0. The summed E-state index contributed by atoms with van der Waals surface area (Å²) in [7, 11) is 1.76. The summed E-state index contributed by atoms with van der Waals surface area (Å²) in [5.41, 5.74) is 2.21. The molecule has 0 aliphatic rings. The highest BCUT2D eigenvalue weighted by atomic mass is 127. The number of hydrogen-bond donors (Lipinski definition) is 2. The number of rotatable bonds is 5. The van der Waals surface area contributed by atoms with Crippen molar-refractivity contribution in [1.29, 1.82) is 0 Å². The molecule has 0 amide bonds. The standard InChI is InChI=1S/C13H18N4OS.HI/c1-10(11-4-6-19-9-11)7-15-13(14-2)16-8-12-3-5-18-17-12;/h3-6,9-10H,7-8H2,1-2H3,(H2,14,15,16);1H. The first-order valence-corrected chi connectivity index (χ1v) is 7.09. The summed E-state index contributed by atoms with van der Waals surface area (Å²) < 4.78 is 4.78. The lowest BCUT2D eigenvalue weighted by molar-refractivity contribution is 0.410. The summed E-state index contributed by atoms with van der Waals surface area (Å²) in [5.74, 6) is 1.22. The number of thiophene rings is 1. The molecule has 2 aromatic rings. The van der Waals surface area contributed by atoms with Crippen molar-refractivity contribution >= 4 is 41.3 Å². The lowest BCUT2D eigenvalue weighted by Gasteiger charge is -2.14. The van der Waals surface area contributed by atoms with E-state index in [0.717, 1.165) is 18.2 Å². The molecule has 2 aromatic heterocycles. The van der Waals surface area contributed by atoms with Gasteiger partial charge < -0.3 is 15.2 Å². The molecular formula is C13H19IN4OS. The van der Waals surface area contributed by atoms with E-state index in [4.69, 9.17) is 4.52 Å². The maximum Gasteiger partial charge on any atom is 0.191 e. The molecule has 110 valence electrons. The Morgan fingerprint density at radius 2 is 2.30 bits per heavy atom. The minimum atomic E-state index is 0. The van der Waals surface area contributed by atoms with E-state index >= 15 is 0 Å². The van der Waals surface area contributed by atoms with E-state index in [2.05, 4.69) is 44.5 Å². The van der Waals surface area contributed by atoms with Crippen LogP contribution in [-0.4, -0.2) is 24.7 Å². The zero-order chi connectivity index (χ0) is 13.5. The first-order valence-electron chi connectivity index (χ1n) is 6.15. The van der Waals surface area contributed by atoms with Crippen molar-refractivity contribution in [3.63, 3.8) is 0 Å². The second-order valence-electron chi connectivity index (χ2n) is 4.26. The highest BCUT2D eigenvalue weighted by Gasteiger charge is 2.07. The molecule has 0 saturated heterocycles. The van der Waals surface area contributed by atoms with Gasteiger partial charge in [0.05, 0.1) is 6.54 Å². The Morgan fingerprint density at radius 3 is 2.90 bits per heavy atom. The Labute approximate surface area is 139 Å². The fraction of sp³-hybridized carbons (Fsp3) is 0.385. The molecule has 2 N–H and O–H groups in total. The normalized spacial score (nSPS) is 12.6. The largest absolute Gasteiger partial charge is 0.364 e. The second-order valence-corrected chi connectivity index (χ2v) is 5.04. The van der Waals surface area contributed by atoms with Gasteiger partial charge in [-0.1, -0.05) is 12.1 Å². The predicted molar refractivity (Wildman–Crippen MR) is 92.9 cm³/mol. The Morgan fingerprint density at radius 1 is 1.45 bits per heavy atom. The lowest BCUT2D eigenvalue weighted by Crippen LogP contribution is -2.38. The molecule has 0 aromatic carbocycles. The van der Waals surface area contributed by atoms with Crippen molar-refractivity contribution in [2.75, 3.05) is 13.6 Å². The molecule has 5 nitrogen and oxygen atoms in total. The lowest BCUT2D eigenvalue weighted by atomic mass is 10.1. The van der Waals surface area contributed by atoms with Gasteiger partial charge in [-0.25, -0.2) is 0 Å².